The fourth-order valence-electron chi connectivity index (χ4n) is 1.44. The largest absolute Gasteiger partial charge is 0.480 e. The summed E-state index contributed by atoms with van der Waals surface area (Å²) in [5, 5.41) is 8.52. The summed E-state index contributed by atoms with van der Waals surface area (Å²) in [4.78, 5) is 22.0. The maximum atomic E-state index is 11.6. The standard InChI is InChI=1S/C11H21NO4/c1-3-5-8(6-4-2)11(15)16-7-9(12)10(13)14/h8-9H,3-7,12H2,1-2H3,(H,13,14)/t9-/m0/s1. The van der Waals surface area contributed by atoms with Crippen LogP contribution in [0.1, 0.15) is 39.5 Å². The van der Waals surface area contributed by atoms with Gasteiger partial charge in [-0.2, -0.15) is 0 Å². The maximum absolute atomic E-state index is 11.6. The second kappa shape index (κ2) is 8.10. The van der Waals surface area contributed by atoms with Crippen molar-refractivity contribution in [1.29, 1.82) is 0 Å². The molecular formula is C11H21NO4. The van der Waals surface area contributed by atoms with E-state index in [1.54, 1.807) is 0 Å². The van der Waals surface area contributed by atoms with E-state index in [0.29, 0.717) is 0 Å². The molecule has 16 heavy (non-hydrogen) atoms. The highest BCUT2D eigenvalue weighted by atomic mass is 16.5. The van der Waals surface area contributed by atoms with Crippen LogP contribution >= 0.6 is 0 Å². The van der Waals surface area contributed by atoms with Gasteiger partial charge in [0.25, 0.3) is 0 Å². The molecule has 0 saturated heterocycles. The van der Waals surface area contributed by atoms with Gasteiger partial charge in [0.2, 0.25) is 0 Å². The molecule has 0 radical (unpaired) electrons. The predicted molar refractivity (Wildman–Crippen MR) is 59.9 cm³/mol. The van der Waals surface area contributed by atoms with E-state index < -0.39 is 12.0 Å². The topological polar surface area (TPSA) is 89.6 Å². The lowest BCUT2D eigenvalue weighted by Gasteiger charge is -2.15. The molecule has 1 atom stereocenters. The first-order valence-electron chi connectivity index (χ1n) is 5.67. The molecule has 0 saturated carbocycles. The highest BCUT2D eigenvalue weighted by molar-refractivity contribution is 5.75. The first-order valence-corrected chi connectivity index (χ1v) is 5.67. The number of aliphatic carboxylic acids is 1. The highest BCUT2D eigenvalue weighted by Crippen LogP contribution is 2.15. The minimum Gasteiger partial charge on any atom is -0.480 e. The predicted octanol–water partition coefficient (Wildman–Crippen LogP) is 1.16. The lowest BCUT2D eigenvalue weighted by molar-refractivity contribution is -0.152. The Labute approximate surface area is 96.0 Å². The fourth-order valence-corrected chi connectivity index (χ4v) is 1.44. The van der Waals surface area contributed by atoms with Gasteiger partial charge in [0, 0.05) is 0 Å². The van der Waals surface area contributed by atoms with E-state index in [9.17, 15) is 9.59 Å². The molecule has 0 unspecified atom stereocenters. The molecule has 0 amide bonds. The zero-order valence-corrected chi connectivity index (χ0v) is 9.94. The molecule has 0 aromatic rings. The van der Waals surface area contributed by atoms with E-state index in [1.165, 1.54) is 0 Å². The van der Waals surface area contributed by atoms with Crippen LogP contribution in [-0.4, -0.2) is 29.7 Å². The molecular weight excluding hydrogens is 210 g/mol. The summed E-state index contributed by atoms with van der Waals surface area (Å²) < 4.78 is 4.89. The van der Waals surface area contributed by atoms with Crippen LogP contribution in [0.5, 0.6) is 0 Å². The smallest absolute Gasteiger partial charge is 0.324 e. The molecule has 0 rings (SSSR count). The van der Waals surface area contributed by atoms with Crippen LogP contribution in [-0.2, 0) is 14.3 Å². The van der Waals surface area contributed by atoms with Gasteiger partial charge in [0.15, 0.2) is 0 Å². The molecule has 0 bridgehead atoms. The van der Waals surface area contributed by atoms with Crippen molar-refractivity contribution in [3.63, 3.8) is 0 Å². The summed E-state index contributed by atoms with van der Waals surface area (Å²) in [7, 11) is 0. The summed E-state index contributed by atoms with van der Waals surface area (Å²) >= 11 is 0. The Morgan fingerprint density at radius 2 is 1.75 bits per heavy atom. The Morgan fingerprint density at radius 3 is 2.12 bits per heavy atom. The quantitative estimate of drug-likeness (QED) is 0.612. The maximum Gasteiger partial charge on any atom is 0.324 e. The van der Waals surface area contributed by atoms with Gasteiger partial charge in [0.1, 0.15) is 12.6 Å². The molecule has 94 valence electrons. The van der Waals surface area contributed by atoms with Crippen molar-refractivity contribution in [2.24, 2.45) is 11.7 Å². The first kappa shape index (κ1) is 14.9. The number of hydrogen-bond acceptors (Lipinski definition) is 4. The third kappa shape index (κ3) is 5.70. The van der Waals surface area contributed by atoms with E-state index in [0.717, 1.165) is 25.7 Å². The molecule has 0 fully saturated rings. The van der Waals surface area contributed by atoms with Gasteiger partial charge in [-0.05, 0) is 12.8 Å². The summed E-state index contributed by atoms with van der Waals surface area (Å²) in [6, 6.07) is -1.13. The van der Waals surface area contributed by atoms with Crippen molar-refractivity contribution in [3.05, 3.63) is 0 Å². The number of rotatable bonds is 8. The van der Waals surface area contributed by atoms with Crippen LogP contribution in [0.25, 0.3) is 0 Å². The Morgan fingerprint density at radius 1 is 1.25 bits per heavy atom. The van der Waals surface area contributed by atoms with E-state index >= 15 is 0 Å². The first-order chi connectivity index (χ1) is 7.52. The van der Waals surface area contributed by atoms with Crippen molar-refractivity contribution in [3.8, 4) is 0 Å². The number of carboxylic acids is 1. The average Bonchev–Trinajstić information content (AvgIpc) is 2.24. The summed E-state index contributed by atoms with van der Waals surface area (Å²) in [6.07, 6.45) is 3.36. The van der Waals surface area contributed by atoms with Crippen molar-refractivity contribution < 1.29 is 19.4 Å². The van der Waals surface area contributed by atoms with Gasteiger partial charge < -0.3 is 15.6 Å². The number of ether oxygens (including phenoxy) is 1. The second-order valence-corrected chi connectivity index (χ2v) is 3.85. The van der Waals surface area contributed by atoms with E-state index in [2.05, 4.69) is 0 Å². The second-order valence-electron chi connectivity index (χ2n) is 3.85. The molecule has 3 N–H and O–H groups in total. The molecule has 5 heteroatoms. The Balaban J connectivity index is 4.04. The normalized spacial score (nSPS) is 12.5. The van der Waals surface area contributed by atoms with Gasteiger partial charge in [-0.3, -0.25) is 9.59 Å². The van der Waals surface area contributed by atoms with Crippen molar-refractivity contribution in [1.82, 2.24) is 0 Å². The monoisotopic (exact) mass is 231 g/mol. The van der Waals surface area contributed by atoms with Crippen molar-refractivity contribution in [2.45, 2.75) is 45.6 Å². The number of nitrogens with two attached hydrogens (primary N) is 1. The number of carbonyl (C=O) groups excluding carboxylic acids is 1. The Kier molecular flexibility index (Phi) is 7.54. The number of carbonyl (C=O) groups is 2. The van der Waals surface area contributed by atoms with Gasteiger partial charge in [-0.25, -0.2) is 0 Å². The van der Waals surface area contributed by atoms with Crippen molar-refractivity contribution in [2.75, 3.05) is 6.61 Å². The van der Waals surface area contributed by atoms with Crippen LogP contribution in [0.15, 0.2) is 0 Å². The molecule has 5 nitrogen and oxygen atoms in total. The molecule has 0 aliphatic rings. The Hall–Kier alpha value is -1.10. The lowest BCUT2D eigenvalue weighted by Crippen LogP contribution is -2.36. The van der Waals surface area contributed by atoms with Gasteiger partial charge in [-0.1, -0.05) is 26.7 Å². The molecule has 0 heterocycles. The Bertz CT molecular complexity index is 224. The SMILES string of the molecule is CCCC(CCC)C(=O)OC[C@H](N)C(=O)O. The van der Waals surface area contributed by atoms with Crippen LogP contribution in [0.2, 0.25) is 0 Å². The van der Waals surface area contributed by atoms with E-state index in [1.807, 2.05) is 13.8 Å². The van der Waals surface area contributed by atoms with Crippen LogP contribution in [0, 0.1) is 5.92 Å². The van der Waals surface area contributed by atoms with E-state index in [4.69, 9.17) is 15.6 Å². The molecule has 0 spiro atoms. The van der Waals surface area contributed by atoms with Crippen LogP contribution < -0.4 is 5.73 Å². The van der Waals surface area contributed by atoms with Gasteiger partial charge in [0.05, 0.1) is 5.92 Å². The summed E-state index contributed by atoms with van der Waals surface area (Å²) in [5.41, 5.74) is 5.24. The molecule has 0 aliphatic carbocycles. The highest BCUT2D eigenvalue weighted by Gasteiger charge is 2.20. The molecule has 0 aromatic heterocycles. The summed E-state index contributed by atoms with van der Waals surface area (Å²) in [5.74, 6) is -1.62. The van der Waals surface area contributed by atoms with Gasteiger partial charge in [-0.15, -0.1) is 0 Å². The lowest BCUT2D eigenvalue weighted by atomic mass is 9.99. The third-order valence-electron chi connectivity index (χ3n) is 2.33. The minimum atomic E-state index is -1.16. The third-order valence-corrected chi connectivity index (χ3v) is 2.33. The summed E-state index contributed by atoms with van der Waals surface area (Å²) in [6.45, 7) is 3.75. The average molecular weight is 231 g/mol. The van der Waals surface area contributed by atoms with E-state index in [-0.39, 0.29) is 18.5 Å². The fraction of sp³-hybridized carbons (Fsp3) is 0.818. The zero-order chi connectivity index (χ0) is 12.6. The van der Waals surface area contributed by atoms with Crippen LogP contribution in [0.3, 0.4) is 0 Å². The van der Waals surface area contributed by atoms with Crippen molar-refractivity contribution >= 4 is 11.9 Å². The minimum absolute atomic E-state index is 0.129. The molecule has 0 aromatic carbocycles. The number of esters is 1. The van der Waals surface area contributed by atoms with Gasteiger partial charge >= 0.3 is 11.9 Å². The van der Waals surface area contributed by atoms with Crippen LogP contribution in [0.4, 0.5) is 0 Å². The number of carboxylic acid groups (broad SMARTS) is 1. The molecule has 0 aliphatic heterocycles. The zero-order valence-electron chi connectivity index (χ0n) is 9.94. The number of hydrogen-bond donors (Lipinski definition) is 2.